The van der Waals surface area contributed by atoms with E-state index in [4.69, 9.17) is 16.9 Å². The average Bonchev–Trinajstić information content (AvgIpc) is 2.15. The maximum absolute atomic E-state index is 12.4. The molecule has 0 atom stereocenters. The molecule has 0 spiro atoms. The van der Waals surface area contributed by atoms with Crippen LogP contribution in [0.3, 0.4) is 0 Å². The van der Waals surface area contributed by atoms with E-state index in [1.807, 2.05) is 0 Å². The Morgan fingerprint density at radius 3 is 2.60 bits per heavy atom. The number of hydrogen-bond acceptors (Lipinski definition) is 3. The number of H-pyrrole nitrogens is 1. The molecule has 0 aliphatic heterocycles. The zero-order valence-corrected chi connectivity index (χ0v) is 7.81. The van der Waals surface area contributed by atoms with Crippen molar-refractivity contribution in [3.8, 4) is 6.07 Å². The summed E-state index contributed by atoms with van der Waals surface area (Å²) in [7, 11) is 0. The second-order valence-electron chi connectivity index (χ2n) is 2.52. The molecule has 1 rings (SSSR count). The maximum atomic E-state index is 12.4. The fraction of sp³-hybridized carbons (Fsp3) is 0.125. The summed E-state index contributed by atoms with van der Waals surface area (Å²) in [6, 6.07) is 2.19. The topological polar surface area (TPSA) is 73.7 Å². The van der Waals surface area contributed by atoms with Crippen molar-refractivity contribution < 1.29 is 13.6 Å². The minimum absolute atomic E-state index is 0.464. The predicted molar refractivity (Wildman–Crippen MR) is 46.9 cm³/mol. The van der Waals surface area contributed by atoms with Gasteiger partial charge in [0.15, 0.2) is 0 Å². The van der Waals surface area contributed by atoms with Crippen molar-refractivity contribution in [2.75, 3.05) is 0 Å². The quantitative estimate of drug-likeness (QED) is 0.787. The van der Waals surface area contributed by atoms with E-state index < -0.39 is 34.0 Å². The zero-order chi connectivity index (χ0) is 11.6. The summed E-state index contributed by atoms with van der Waals surface area (Å²) in [5.41, 5.74) is -2.94. The Hall–Kier alpha value is -1.74. The Balaban J connectivity index is 3.64. The molecular weight excluding hydrogens is 230 g/mol. The lowest BCUT2D eigenvalue weighted by molar-refractivity contribution is 0.106. The number of carbonyl (C=O) groups is 1. The number of alkyl halides is 2. The van der Waals surface area contributed by atoms with Crippen molar-refractivity contribution in [3.05, 3.63) is 33.2 Å². The summed E-state index contributed by atoms with van der Waals surface area (Å²) in [4.78, 5) is 23.4. The minimum Gasteiger partial charge on any atom is -0.320 e. The van der Waals surface area contributed by atoms with Gasteiger partial charge in [0.05, 0.1) is 16.8 Å². The molecular formula is C8H3ClF2N2O2. The number of pyridine rings is 1. The SMILES string of the molecule is N#Cc1cc(=O)[nH]c(C(F)F)c1C(=O)Cl. The summed E-state index contributed by atoms with van der Waals surface area (Å²) in [6.07, 6.45) is -3.08. The van der Waals surface area contributed by atoms with Crippen molar-refractivity contribution >= 4 is 16.8 Å². The van der Waals surface area contributed by atoms with E-state index in [1.54, 1.807) is 4.98 Å². The lowest BCUT2D eigenvalue weighted by atomic mass is 10.1. The van der Waals surface area contributed by atoms with Gasteiger partial charge < -0.3 is 4.98 Å². The van der Waals surface area contributed by atoms with Crippen LogP contribution in [-0.4, -0.2) is 10.2 Å². The summed E-state index contributed by atoms with van der Waals surface area (Å²) in [5, 5.41) is 7.33. The van der Waals surface area contributed by atoms with Crippen LogP contribution in [0.4, 0.5) is 8.78 Å². The van der Waals surface area contributed by atoms with E-state index in [0.29, 0.717) is 0 Å². The van der Waals surface area contributed by atoms with E-state index in [2.05, 4.69) is 0 Å². The standard InChI is InChI=1S/C8H3ClF2N2O2/c9-7(15)5-3(2-12)1-4(14)13-6(5)8(10)11/h1,8H,(H,13,14). The summed E-state index contributed by atoms with van der Waals surface area (Å²) in [5.74, 6) is 0. The molecule has 0 saturated heterocycles. The number of nitrogens with zero attached hydrogens (tertiary/aromatic N) is 1. The van der Waals surface area contributed by atoms with E-state index in [1.165, 1.54) is 6.07 Å². The molecule has 0 saturated carbocycles. The Bertz CT molecular complexity index is 504. The third kappa shape index (κ3) is 2.19. The highest BCUT2D eigenvalue weighted by atomic mass is 35.5. The highest BCUT2D eigenvalue weighted by Gasteiger charge is 2.22. The highest BCUT2D eigenvalue weighted by molar-refractivity contribution is 6.68. The van der Waals surface area contributed by atoms with Gasteiger partial charge in [0.25, 0.3) is 11.7 Å². The average molecular weight is 233 g/mol. The molecule has 78 valence electrons. The van der Waals surface area contributed by atoms with Crippen LogP contribution in [0.15, 0.2) is 10.9 Å². The van der Waals surface area contributed by atoms with Gasteiger partial charge in [-0.25, -0.2) is 8.78 Å². The third-order valence-corrected chi connectivity index (χ3v) is 1.80. The van der Waals surface area contributed by atoms with Gasteiger partial charge >= 0.3 is 0 Å². The van der Waals surface area contributed by atoms with E-state index >= 15 is 0 Å². The number of nitriles is 1. The molecule has 4 nitrogen and oxygen atoms in total. The van der Waals surface area contributed by atoms with E-state index in [-0.39, 0.29) is 0 Å². The molecule has 0 aromatic carbocycles. The van der Waals surface area contributed by atoms with E-state index in [0.717, 1.165) is 6.07 Å². The zero-order valence-electron chi connectivity index (χ0n) is 7.05. The van der Waals surface area contributed by atoms with Gasteiger partial charge in [-0.2, -0.15) is 5.26 Å². The molecule has 1 aromatic heterocycles. The molecule has 0 unspecified atom stereocenters. The van der Waals surface area contributed by atoms with Crippen LogP contribution in [-0.2, 0) is 0 Å². The molecule has 1 heterocycles. The van der Waals surface area contributed by atoms with Crippen LogP contribution in [0.2, 0.25) is 0 Å². The van der Waals surface area contributed by atoms with Gasteiger partial charge in [0.1, 0.15) is 6.07 Å². The van der Waals surface area contributed by atoms with Crippen molar-refractivity contribution in [3.63, 3.8) is 0 Å². The van der Waals surface area contributed by atoms with Gasteiger partial charge in [-0.15, -0.1) is 0 Å². The monoisotopic (exact) mass is 232 g/mol. The van der Waals surface area contributed by atoms with Crippen LogP contribution in [0, 0.1) is 11.3 Å². The van der Waals surface area contributed by atoms with Crippen molar-refractivity contribution in [1.82, 2.24) is 4.98 Å². The molecule has 0 radical (unpaired) electrons. The highest BCUT2D eigenvalue weighted by Crippen LogP contribution is 2.23. The first-order chi connectivity index (χ1) is 6.97. The number of halogens is 3. The van der Waals surface area contributed by atoms with Gasteiger partial charge in [-0.3, -0.25) is 9.59 Å². The molecule has 0 bridgehead atoms. The number of rotatable bonds is 2. The largest absolute Gasteiger partial charge is 0.320 e. The molecule has 0 fully saturated rings. The van der Waals surface area contributed by atoms with Gasteiger partial charge in [0.2, 0.25) is 5.56 Å². The van der Waals surface area contributed by atoms with Crippen LogP contribution < -0.4 is 5.56 Å². The second-order valence-corrected chi connectivity index (χ2v) is 2.87. The Morgan fingerprint density at radius 1 is 1.60 bits per heavy atom. The van der Waals surface area contributed by atoms with Crippen LogP contribution in [0.25, 0.3) is 0 Å². The van der Waals surface area contributed by atoms with Gasteiger partial charge in [0, 0.05) is 6.07 Å². The summed E-state index contributed by atoms with van der Waals surface area (Å²) >= 11 is 5.04. The number of nitrogens with one attached hydrogen (secondary N) is 1. The number of aromatic nitrogens is 1. The maximum Gasteiger partial charge on any atom is 0.279 e. The van der Waals surface area contributed by atoms with Crippen LogP contribution in [0.1, 0.15) is 28.0 Å². The molecule has 1 aromatic rings. The molecule has 15 heavy (non-hydrogen) atoms. The second kappa shape index (κ2) is 4.19. The van der Waals surface area contributed by atoms with Crippen molar-refractivity contribution in [1.29, 1.82) is 5.26 Å². The van der Waals surface area contributed by atoms with Crippen LogP contribution in [0.5, 0.6) is 0 Å². The molecule has 0 aliphatic rings. The first kappa shape index (κ1) is 11.3. The lowest BCUT2D eigenvalue weighted by Crippen LogP contribution is -2.15. The number of carbonyl (C=O) groups excluding carboxylic acids is 1. The predicted octanol–water partition coefficient (Wildman–Crippen LogP) is 1.56. The normalized spacial score (nSPS) is 10.1. The molecule has 1 N–H and O–H groups in total. The van der Waals surface area contributed by atoms with E-state index in [9.17, 15) is 18.4 Å². The summed E-state index contributed by atoms with van der Waals surface area (Å²) in [6.45, 7) is 0. The Morgan fingerprint density at radius 2 is 2.20 bits per heavy atom. The lowest BCUT2D eigenvalue weighted by Gasteiger charge is -2.05. The minimum atomic E-state index is -3.08. The molecule has 0 aliphatic carbocycles. The smallest absolute Gasteiger partial charge is 0.279 e. The fourth-order valence-corrected chi connectivity index (χ4v) is 1.25. The summed E-state index contributed by atoms with van der Waals surface area (Å²) < 4.78 is 24.8. The molecule has 7 heteroatoms. The first-order valence-electron chi connectivity index (χ1n) is 3.62. The van der Waals surface area contributed by atoms with Crippen LogP contribution >= 0.6 is 11.6 Å². The van der Waals surface area contributed by atoms with Crippen molar-refractivity contribution in [2.45, 2.75) is 6.43 Å². The first-order valence-corrected chi connectivity index (χ1v) is 4.00. The number of hydrogen-bond donors (Lipinski definition) is 1. The Kier molecular flexibility index (Phi) is 3.17. The van der Waals surface area contributed by atoms with Crippen molar-refractivity contribution in [2.24, 2.45) is 0 Å². The number of aromatic amines is 1. The molecule has 0 amide bonds. The Labute approximate surface area is 87.1 Å². The van der Waals surface area contributed by atoms with Gasteiger partial charge in [-0.1, -0.05) is 0 Å². The fourth-order valence-electron chi connectivity index (χ4n) is 1.04. The third-order valence-electron chi connectivity index (χ3n) is 1.61. The van der Waals surface area contributed by atoms with Gasteiger partial charge in [-0.05, 0) is 11.6 Å².